The number of hydrogen-bond donors (Lipinski definition) is 1. The molecule has 0 radical (unpaired) electrons. The van der Waals surface area contributed by atoms with Gasteiger partial charge < -0.3 is 4.74 Å². The van der Waals surface area contributed by atoms with Gasteiger partial charge in [-0.05, 0) is 35.4 Å². The number of nitrogens with zero attached hydrogens (tertiary/aromatic N) is 2. The van der Waals surface area contributed by atoms with Crippen molar-refractivity contribution in [2.75, 3.05) is 26.3 Å². The number of carbonyl (C=O) groups is 1. The van der Waals surface area contributed by atoms with Gasteiger partial charge in [0.25, 0.3) is 5.91 Å². The van der Waals surface area contributed by atoms with Crippen molar-refractivity contribution < 1.29 is 9.53 Å². The van der Waals surface area contributed by atoms with Crippen LogP contribution in [0.3, 0.4) is 0 Å². The summed E-state index contributed by atoms with van der Waals surface area (Å²) in [5.41, 5.74) is 5.17. The van der Waals surface area contributed by atoms with Crippen LogP contribution in [0.4, 0.5) is 0 Å². The highest BCUT2D eigenvalue weighted by atomic mass is 35.5. The average molecular weight is 358 g/mol. The molecule has 0 aliphatic carbocycles. The highest BCUT2D eigenvalue weighted by molar-refractivity contribution is 6.30. The second-order valence-electron chi connectivity index (χ2n) is 5.84. The first-order valence-electron chi connectivity index (χ1n) is 8.19. The Morgan fingerprint density at radius 2 is 1.80 bits per heavy atom. The van der Waals surface area contributed by atoms with Crippen LogP contribution in [0.15, 0.2) is 53.6 Å². The van der Waals surface area contributed by atoms with Crippen molar-refractivity contribution in [3.63, 3.8) is 0 Å². The van der Waals surface area contributed by atoms with Gasteiger partial charge in [-0.25, -0.2) is 5.43 Å². The van der Waals surface area contributed by atoms with Crippen molar-refractivity contribution in [1.29, 1.82) is 0 Å². The Hall–Kier alpha value is -2.21. The maximum Gasteiger partial charge on any atom is 0.271 e. The third kappa shape index (κ3) is 5.39. The summed E-state index contributed by atoms with van der Waals surface area (Å²) in [6.45, 7) is 4.33. The van der Waals surface area contributed by atoms with Crippen molar-refractivity contribution >= 4 is 23.7 Å². The molecular formula is C19H20ClN3O2. The highest BCUT2D eigenvalue weighted by Crippen LogP contribution is 2.10. The zero-order valence-corrected chi connectivity index (χ0v) is 14.6. The second-order valence-corrected chi connectivity index (χ2v) is 6.27. The van der Waals surface area contributed by atoms with Gasteiger partial charge in [-0.3, -0.25) is 9.69 Å². The van der Waals surface area contributed by atoms with E-state index in [-0.39, 0.29) is 5.91 Å². The van der Waals surface area contributed by atoms with Crippen molar-refractivity contribution in [3.8, 4) is 0 Å². The molecule has 0 aromatic heterocycles. The van der Waals surface area contributed by atoms with Gasteiger partial charge in [-0.15, -0.1) is 0 Å². The number of rotatable bonds is 5. The number of hydrogen-bond acceptors (Lipinski definition) is 4. The first kappa shape index (κ1) is 17.6. The van der Waals surface area contributed by atoms with Gasteiger partial charge in [0, 0.05) is 30.2 Å². The normalized spacial score (nSPS) is 15.4. The Morgan fingerprint density at radius 3 is 2.48 bits per heavy atom. The molecule has 2 aromatic carbocycles. The first-order chi connectivity index (χ1) is 12.2. The number of nitrogens with one attached hydrogen (secondary N) is 1. The molecule has 5 nitrogen and oxygen atoms in total. The van der Waals surface area contributed by atoms with E-state index in [1.54, 1.807) is 18.3 Å². The molecule has 1 N–H and O–H groups in total. The van der Waals surface area contributed by atoms with Crippen molar-refractivity contribution in [2.24, 2.45) is 5.10 Å². The molecule has 0 spiro atoms. The molecule has 1 amide bonds. The van der Waals surface area contributed by atoms with Gasteiger partial charge in [0.05, 0.1) is 19.4 Å². The summed E-state index contributed by atoms with van der Waals surface area (Å²) in [5.74, 6) is -0.233. The third-order valence-electron chi connectivity index (χ3n) is 3.98. The SMILES string of the molecule is O=C(NN=Cc1ccc(Cl)cc1)c1ccc(CN2CCOCC2)cc1. The molecule has 1 heterocycles. The number of morpholine rings is 1. The molecule has 1 aliphatic heterocycles. The molecule has 0 saturated carbocycles. The molecule has 1 fully saturated rings. The van der Waals surface area contributed by atoms with Gasteiger partial charge in [0.15, 0.2) is 0 Å². The molecule has 1 saturated heterocycles. The van der Waals surface area contributed by atoms with Crippen molar-refractivity contribution in [3.05, 3.63) is 70.2 Å². The number of hydrazone groups is 1. The van der Waals surface area contributed by atoms with Crippen LogP contribution in [-0.4, -0.2) is 43.3 Å². The molecule has 25 heavy (non-hydrogen) atoms. The summed E-state index contributed by atoms with van der Waals surface area (Å²) >= 11 is 5.83. The van der Waals surface area contributed by atoms with E-state index in [1.807, 2.05) is 36.4 Å². The quantitative estimate of drug-likeness (QED) is 0.661. The van der Waals surface area contributed by atoms with Crippen molar-refractivity contribution in [2.45, 2.75) is 6.54 Å². The van der Waals surface area contributed by atoms with Gasteiger partial charge in [-0.1, -0.05) is 35.9 Å². The minimum absolute atomic E-state index is 0.233. The van der Waals surface area contributed by atoms with E-state index in [0.29, 0.717) is 10.6 Å². The van der Waals surface area contributed by atoms with Crippen LogP contribution >= 0.6 is 11.6 Å². The standard InChI is InChI=1S/C19H20ClN3O2/c20-18-7-3-15(4-8-18)13-21-22-19(24)17-5-1-16(2-6-17)14-23-9-11-25-12-10-23/h1-8,13H,9-12,14H2,(H,22,24). The Balaban J connectivity index is 1.52. The molecule has 1 aliphatic rings. The van der Waals surface area contributed by atoms with Crippen LogP contribution in [0, 0.1) is 0 Å². The Morgan fingerprint density at radius 1 is 1.12 bits per heavy atom. The van der Waals surface area contributed by atoms with E-state index < -0.39 is 0 Å². The molecule has 3 rings (SSSR count). The number of halogens is 1. The fourth-order valence-electron chi connectivity index (χ4n) is 2.56. The largest absolute Gasteiger partial charge is 0.379 e. The Bertz CT molecular complexity index is 723. The summed E-state index contributed by atoms with van der Waals surface area (Å²) in [5, 5.41) is 4.64. The second kappa shape index (κ2) is 8.76. The fraction of sp³-hybridized carbons (Fsp3) is 0.263. The summed E-state index contributed by atoms with van der Waals surface area (Å²) in [6.07, 6.45) is 1.58. The van der Waals surface area contributed by atoms with Crippen LogP contribution in [0.1, 0.15) is 21.5 Å². The number of amides is 1. The summed E-state index contributed by atoms with van der Waals surface area (Å²) in [4.78, 5) is 14.5. The number of ether oxygens (including phenoxy) is 1. The van der Waals surface area contributed by atoms with Crippen LogP contribution in [0.2, 0.25) is 5.02 Å². The lowest BCUT2D eigenvalue weighted by atomic mass is 10.1. The number of benzene rings is 2. The Labute approximate surface area is 152 Å². The minimum atomic E-state index is -0.233. The van der Waals surface area contributed by atoms with E-state index >= 15 is 0 Å². The zero-order chi connectivity index (χ0) is 17.5. The smallest absolute Gasteiger partial charge is 0.271 e. The molecule has 2 aromatic rings. The first-order valence-corrected chi connectivity index (χ1v) is 8.56. The van der Waals surface area contributed by atoms with Crippen LogP contribution in [-0.2, 0) is 11.3 Å². The lowest BCUT2D eigenvalue weighted by Crippen LogP contribution is -2.35. The van der Waals surface area contributed by atoms with Crippen molar-refractivity contribution in [1.82, 2.24) is 10.3 Å². The van der Waals surface area contributed by atoms with E-state index in [4.69, 9.17) is 16.3 Å². The third-order valence-corrected chi connectivity index (χ3v) is 4.23. The average Bonchev–Trinajstić information content (AvgIpc) is 2.65. The molecule has 0 bridgehead atoms. The summed E-state index contributed by atoms with van der Waals surface area (Å²) < 4.78 is 5.35. The van der Waals surface area contributed by atoms with E-state index in [9.17, 15) is 4.79 Å². The maximum atomic E-state index is 12.1. The lowest BCUT2D eigenvalue weighted by Gasteiger charge is -2.26. The van der Waals surface area contributed by atoms with E-state index in [1.165, 1.54) is 5.56 Å². The fourth-order valence-corrected chi connectivity index (χ4v) is 2.68. The molecule has 6 heteroatoms. The molecule has 0 atom stereocenters. The van der Waals surface area contributed by atoms with Crippen LogP contribution in [0.25, 0.3) is 0 Å². The van der Waals surface area contributed by atoms with Gasteiger partial charge >= 0.3 is 0 Å². The van der Waals surface area contributed by atoms with Gasteiger partial charge in [0.1, 0.15) is 0 Å². The van der Waals surface area contributed by atoms with E-state index in [2.05, 4.69) is 15.4 Å². The van der Waals surface area contributed by atoms with Gasteiger partial charge in [0.2, 0.25) is 0 Å². The molecular weight excluding hydrogens is 338 g/mol. The lowest BCUT2D eigenvalue weighted by molar-refractivity contribution is 0.0342. The maximum absolute atomic E-state index is 12.1. The highest BCUT2D eigenvalue weighted by Gasteiger charge is 2.11. The van der Waals surface area contributed by atoms with Crippen LogP contribution in [0.5, 0.6) is 0 Å². The zero-order valence-electron chi connectivity index (χ0n) is 13.8. The molecule has 0 unspecified atom stereocenters. The predicted octanol–water partition coefficient (Wildman–Crippen LogP) is 2.94. The van der Waals surface area contributed by atoms with E-state index in [0.717, 1.165) is 38.4 Å². The summed E-state index contributed by atoms with van der Waals surface area (Å²) in [7, 11) is 0. The molecule has 130 valence electrons. The topological polar surface area (TPSA) is 53.9 Å². The predicted molar refractivity (Wildman–Crippen MR) is 99.1 cm³/mol. The summed E-state index contributed by atoms with van der Waals surface area (Å²) in [6, 6.07) is 14.8. The monoisotopic (exact) mass is 357 g/mol. The minimum Gasteiger partial charge on any atom is -0.379 e. The van der Waals surface area contributed by atoms with Crippen LogP contribution < -0.4 is 5.43 Å². The number of carbonyl (C=O) groups excluding carboxylic acids is 1. The van der Waals surface area contributed by atoms with Gasteiger partial charge in [-0.2, -0.15) is 5.10 Å². The Kier molecular flexibility index (Phi) is 6.17.